The first-order valence-corrected chi connectivity index (χ1v) is 22.3. The van der Waals surface area contributed by atoms with Crippen LogP contribution in [0.2, 0.25) is 0 Å². The van der Waals surface area contributed by atoms with Crippen LogP contribution in [0.15, 0.2) is 249 Å². The fraction of sp³-hybridized carbons (Fsp3) is 0.0625. The molecule has 0 unspecified atom stereocenters. The van der Waals surface area contributed by atoms with Crippen molar-refractivity contribution >= 4 is 32.3 Å². The Kier molecular flexibility index (Phi) is 11.0. The van der Waals surface area contributed by atoms with E-state index in [1.807, 2.05) is 0 Å². The Hall–Kier alpha value is -7.80. The summed E-state index contributed by atoms with van der Waals surface area (Å²) >= 11 is 0. The summed E-state index contributed by atoms with van der Waals surface area (Å²) in [6.07, 6.45) is 0. The standard InChI is InChI=1S/C26H20.C19H14.C19H16/c1-19-16-17-23-22-14-8-9-15-24(22)26(25(23)18-19,20-10-4-2-5-11-20)21-12-6-3-7-13-21;1-13-10-11-18-16-8-3-2-6-14(16)15-7-4-5-9-17(15)19(18)12-13;1-15-12-13-18(16-8-4-2-5-9-16)14-19(15)17-10-6-3-7-11-17/h2-18H,1H3;2-12H,1H3;2-14H,1H3. The lowest BCUT2D eigenvalue weighted by Gasteiger charge is -2.34. The molecule has 64 heavy (non-hydrogen) atoms. The molecule has 0 N–H and O–H groups in total. The molecular weight excluding hydrogens is 769 g/mol. The third kappa shape index (κ3) is 7.38. The van der Waals surface area contributed by atoms with Gasteiger partial charge in [-0.2, -0.15) is 0 Å². The lowest BCUT2D eigenvalue weighted by atomic mass is 9.67. The second-order valence-corrected chi connectivity index (χ2v) is 17.0. The molecule has 0 bridgehead atoms. The summed E-state index contributed by atoms with van der Waals surface area (Å²) in [5.41, 5.74) is 16.9. The van der Waals surface area contributed by atoms with Crippen LogP contribution in [0.3, 0.4) is 0 Å². The van der Waals surface area contributed by atoms with E-state index in [-0.39, 0.29) is 5.41 Å². The highest BCUT2D eigenvalue weighted by Crippen LogP contribution is 2.56. The highest BCUT2D eigenvalue weighted by atomic mass is 14.5. The summed E-state index contributed by atoms with van der Waals surface area (Å²) in [5.74, 6) is 0. The zero-order chi connectivity index (χ0) is 43.5. The van der Waals surface area contributed by atoms with Gasteiger partial charge in [0.1, 0.15) is 0 Å². The molecule has 0 atom stereocenters. The number of hydrogen-bond donors (Lipinski definition) is 0. The Balaban J connectivity index is 0.000000116. The van der Waals surface area contributed by atoms with Gasteiger partial charge in [0, 0.05) is 0 Å². The van der Waals surface area contributed by atoms with Crippen LogP contribution in [-0.2, 0) is 5.41 Å². The molecular formula is C64H50. The quantitative estimate of drug-likeness (QED) is 0.155. The van der Waals surface area contributed by atoms with Crippen LogP contribution in [-0.4, -0.2) is 0 Å². The zero-order valence-corrected chi connectivity index (χ0v) is 36.7. The molecule has 0 amide bonds. The maximum absolute atomic E-state index is 2.37. The molecule has 0 aromatic heterocycles. The van der Waals surface area contributed by atoms with E-state index in [0.717, 1.165) is 0 Å². The van der Waals surface area contributed by atoms with E-state index in [9.17, 15) is 0 Å². The SMILES string of the molecule is Cc1ccc(-c2ccccc2)cc1-c1ccccc1.Cc1ccc2c(c1)C(c1ccccc1)(c1ccccc1)c1ccccc1-2.Cc1ccc2c3ccccc3c3ccccc3c2c1. The molecule has 0 heteroatoms. The Labute approximate surface area is 377 Å². The largest absolute Gasteiger partial charge is 0.0713 e. The molecule has 306 valence electrons. The van der Waals surface area contributed by atoms with Gasteiger partial charge in [-0.25, -0.2) is 0 Å². The van der Waals surface area contributed by atoms with Gasteiger partial charge in [0.25, 0.3) is 0 Å². The van der Waals surface area contributed by atoms with Crippen molar-refractivity contribution in [3.05, 3.63) is 288 Å². The second-order valence-electron chi connectivity index (χ2n) is 17.0. The van der Waals surface area contributed by atoms with Crippen LogP contribution in [0.4, 0.5) is 0 Å². The molecule has 12 rings (SSSR count). The summed E-state index contributed by atoms with van der Waals surface area (Å²) < 4.78 is 0. The highest BCUT2D eigenvalue weighted by Gasteiger charge is 2.45. The maximum atomic E-state index is 2.37. The van der Waals surface area contributed by atoms with Crippen molar-refractivity contribution in [2.75, 3.05) is 0 Å². The molecule has 11 aromatic rings. The molecule has 0 spiro atoms. The van der Waals surface area contributed by atoms with Crippen LogP contribution in [0.5, 0.6) is 0 Å². The lowest BCUT2D eigenvalue weighted by Crippen LogP contribution is -2.28. The predicted octanol–water partition coefficient (Wildman–Crippen LogP) is 17.1. The summed E-state index contributed by atoms with van der Waals surface area (Å²) in [6.45, 7) is 6.50. The van der Waals surface area contributed by atoms with Crippen molar-refractivity contribution in [3.63, 3.8) is 0 Å². The normalized spacial score (nSPS) is 12.1. The third-order valence-electron chi connectivity index (χ3n) is 12.9. The van der Waals surface area contributed by atoms with Crippen molar-refractivity contribution in [1.29, 1.82) is 0 Å². The highest BCUT2D eigenvalue weighted by molar-refractivity contribution is 6.25. The number of benzene rings is 11. The zero-order valence-electron chi connectivity index (χ0n) is 36.7. The summed E-state index contributed by atoms with van der Waals surface area (Å²) in [6, 6.07) is 89.5. The van der Waals surface area contributed by atoms with Crippen molar-refractivity contribution in [2.24, 2.45) is 0 Å². The lowest BCUT2D eigenvalue weighted by molar-refractivity contribution is 0.767. The number of rotatable bonds is 4. The van der Waals surface area contributed by atoms with Gasteiger partial charge < -0.3 is 0 Å². The molecule has 0 nitrogen and oxygen atoms in total. The fourth-order valence-corrected chi connectivity index (χ4v) is 9.94. The van der Waals surface area contributed by atoms with Crippen molar-refractivity contribution in [2.45, 2.75) is 26.2 Å². The summed E-state index contributed by atoms with van der Waals surface area (Å²) in [4.78, 5) is 0. The number of aryl methyl sites for hydroxylation is 3. The average molecular weight is 819 g/mol. The average Bonchev–Trinajstić information content (AvgIpc) is 3.65. The van der Waals surface area contributed by atoms with Gasteiger partial charge in [-0.15, -0.1) is 0 Å². The molecule has 0 fully saturated rings. The van der Waals surface area contributed by atoms with Crippen LogP contribution < -0.4 is 0 Å². The molecule has 0 radical (unpaired) electrons. The Morgan fingerprint density at radius 1 is 0.250 bits per heavy atom. The van der Waals surface area contributed by atoms with Crippen LogP contribution >= 0.6 is 0 Å². The van der Waals surface area contributed by atoms with Gasteiger partial charge >= 0.3 is 0 Å². The van der Waals surface area contributed by atoms with E-state index in [1.165, 1.54) is 105 Å². The van der Waals surface area contributed by atoms with Crippen LogP contribution in [0, 0.1) is 20.8 Å². The molecule has 1 aliphatic carbocycles. The van der Waals surface area contributed by atoms with E-state index in [1.54, 1.807) is 0 Å². The number of hydrogen-bond acceptors (Lipinski definition) is 0. The molecule has 0 aliphatic heterocycles. The molecule has 0 heterocycles. The first-order chi connectivity index (χ1) is 31.5. The van der Waals surface area contributed by atoms with Gasteiger partial charge in [-0.05, 0) is 120 Å². The van der Waals surface area contributed by atoms with Gasteiger partial charge in [0.15, 0.2) is 0 Å². The topological polar surface area (TPSA) is 0 Å². The minimum absolute atomic E-state index is 0.263. The maximum Gasteiger partial charge on any atom is 0.0713 e. The van der Waals surface area contributed by atoms with Crippen molar-refractivity contribution in [1.82, 2.24) is 0 Å². The van der Waals surface area contributed by atoms with Crippen LogP contribution in [0.1, 0.15) is 38.9 Å². The van der Waals surface area contributed by atoms with E-state index < -0.39 is 0 Å². The minimum Gasteiger partial charge on any atom is -0.0622 e. The van der Waals surface area contributed by atoms with E-state index in [0.29, 0.717) is 0 Å². The van der Waals surface area contributed by atoms with Gasteiger partial charge in [-0.3, -0.25) is 0 Å². The van der Waals surface area contributed by atoms with E-state index in [4.69, 9.17) is 0 Å². The molecule has 1 aliphatic rings. The van der Waals surface area contributed by atoms with E-state index in [2.05, 4.69) is 269 Å². The Morgan fingerprint density at radius 2 is 0.688 bits per heavy atom. The first kappa shape index (κ1) is 40.3. The predicted molar refractivity (Wildman–Crippen MR) is 274 cm³/mol. The van der Waals surface area contributed by atoms with Crippen molar-refractivity contribution in [3.8, 4) is 33.4 Å². The second kappa shape index (κ2) is 17.5. The van der Waals surface area contributed by atoms with E-state index >= 15 is 0 Å². The van der Waals surface area contributed by atoms with Gasteiger partial charge in [0.05, 0.1) is 5.41 Å². The minimum atomic E-state index is -0.263. The fourth-order valence-electron chi connectivity index (χ4n) is 9.94. The molecule has 0 saturated carbocycles. The van der Waals surface area contributed by atoms with Crippen LogP contribution in [0.25, 0.3) is 65.7 Å². The smallest absolute Gasteiger partial charge is 0.0622 e. The van der Waals surface area contributed by atoms with Gasteiger partial charge in [-0.1, -0.05) is 254 Å². The molecule has 11 aromatic carbocycles. The monoisotopic (exact) mass is 818 g/mol. The summed E-state index contributed by atoms with van der Waals surface area (Å²) in [7, 11) is 0. The van der Waals surface area contributed by atoms with Gasteiger partial charge in [0.2, 0.25) is 0 Å². The first-order valence-electron chi connectivity index (χ1n) is 22.3. The Morgan fingerprint density at radius 3 is 1.28 bits per heavy atom. The Bertz CT molecular complexity index is 3310. The third-order valence-corrected chi connectivity index (χ3v) is 12.9. The number of fused-ring (bicyclic) bond motifs is 9. The summed E-state index contributed by atoms with van der Waals surface area (Å²) in [5, 5.41) is 8.08. The van der Waals surface area contributed by atoms with Crippen molar-refractivity contribution < 1.29 is 0 Å². The molecule has 0 saturated heterocycles.